The lowest BCUT2D eigenvalue weighted by molar-refractivity contribution is -0.147. The van der Waals surface area contributed by atoms with E-state index in [1.807, 2.05) is 12.1 Å². The Morgan fingerprint density at radius 1 is 1.53 bits per heavy atom. The first kappa shape index (κ1) is 14.7. The normalized spacial score (nSPS) is 18.8. The van der Waals surface area contributed by atoms with Crippen LogP contribution in [0.5, 0.6) is 0 Å². The molecule has 1 aromatic heterocycles. The molecule has 0 bridgehead atoms. The lowest BCUT2D eigenvalue weighted by Gasteiger charge is -2.21. The molecule has 2 heterocycles. The Morgan fingerprint density at radius 2 is 2.32 bits per heavy atom. The number of amides is 1. The van der Waals surface area contributed by atoms with Crippen molar-refractivity contribution in [1.29, 1.82) is 0 Å². The third-order valence-corrected chi connectivity index (χ3v) is 5.34. The molecule has 0 aromatic carbocycles. The molecular formula is C12H14ClNO3S2. The maximum atomic E-state index is 12.0. The van der Waals surface area contributed by atoms with Crippen LogP contribution in [0.15, 0.2) is 12.1 Å². The quantitative estimate of drug-likeness (QED) is 0.906. The second-order valence-electron chi connectivity index (χ2n) is 4.28. The molecular weight excluding hydrogens is 306 g/mol. The van der Waals surface area contributed by atoms with Gasteiger partial charge in [0.15, 0.2) is 0 Å². The van der Waals surface area contributed by atoms with E-state index in [4.69, 9.17) is 16.7 Å². The number of aliphatic carboxylic acids is 1. The number of likely N-dealkylation sites (tertiary alicyclic amines) is 1. The lowest BCUT2D eigenvalue weighted by atomic mass is 10.2. The number of carbonyl (C=O) groups is 2. The van der Waals surface area contributed by atoms with Crippen molar-refractivity contribution in [1.82, 2.24) is 4.90 Å². The molecule has 104 valence electrons. The number of carboxylic acid groups (broad SMARTS) is 1. The van der Waals surface area contributed by atoms with E-state index in [0.29, 0.717) is 18.7 Å². The summed E-state index contributed by atoms with van der Waals surface area (Å²) in [7, 11) is 0. The molecule has 1 N–H and O–H groups in total. The van der Waals surface area contributed by atoms with Gasteiger partial charge in [-0.05, 0) is 25.0 Å². The Bertz CT molecular complexity index is 477. The van der Waals surface area contributed by atoms with E-state index >= 15 is 0 Å². The summed E-state index contributed by atoms with van der Waals surface area (Å²) >= 11 is 8.83. The second-order valence-corrected chi connectivity index (χ2v) is 7.07. The highest BCUT2D eigenvalue weighted by molar-refractivity contribution is 7.99. The predicted octanol–water partition coefficient (Wildman–Crippen LogP) is 2.71. The van der Waals surface area contributed by atoms with Crippen molar-refractivity contribution in [2.24, 2.45) is 0 Å². The average Bonchev–Trinajstić information content (AvgIpc) is 2.97. The highest BCUT2D eigenvalue weighted by atomic mass is 35.5. The SMILES string of the molecule is O=C(O)C1CCCN1C(=O)CSCc1ccc(Cl)s1. The number of carboxylic acids is 1. The zero-order valence-corrected chi connectivity index (χ0v) is 12.6. The maximum absolute atomic E-state index is 12.0. The van der Waals surface area contributed by atoms with Crippen molar-refractivity contribution < 1.29 is 14.7 Å². The minimum absolute atomic E-state index is 0.0856. The summed E-state index contributed by atoms with van der Waals surface area (Å²) in [5, 5.41) is 9.03. The van der Waals surface area contributed by atoms with E-state index in [0.717, 1.165) is 21.4 Å². The molecule has 2 rings (SSSR count). The Labute approximate surface area is 124 Å². The van der Waals surface area contributed by atoms with E-state index in [2.05, 4.69) is 0 Å². The molecule has 1 aliphatic rings. The molecule has 4 nitrogen and oxygen atoms in total. The van der Waals surface area contributed by atoms with E-state index < -0.39 is 12.0 Å². The number of hydrogen-bond donors (Lipinski definition) is 1. The van der Waals surface area contributed by atoms with Gasteiger partial charge >= 0.3 is 5.97 Å². The third-order valence-electron chi connectivity index (χ3n) is 2.96. The van der Waals surface area contributed by atoms with E-state index in [1.54, 1.807) is 0 Å². The molecule has 0 radical (unpaired) electrons. The average molecular weight is 320 g/mol. The molecule has 7 heteroatoms. The van der Waals surface area contributed by atoms with Gasteiger partial charge in [-0.25, -0.2) is 4.79 Å². The molecule has 1 unspecified atom stereocenters. The Kier molecular flexibility index (Phi) is 5.13. The first-order chi connectivity index (χ1) is 9.08. The van der Waals surface area contributed by atoms with Crippen molar-refractivity contribution >= 4 is 46.6 Å². The molecule has 1 aliphatic heterocycles. The van der Waals surface area contributed by atoms with Gasteiger partial charge in [0.25, 0.3) is 0 Å². The standard InChI is InChI=1S/C12H14ClNO3S2/c13-10-4-3-8(19-10)6-18-7-11(15)14-5-1-2-9(14)12(16)17/h3-4,9H,1-2,5-7H2,(H,16,17). The zero-order chi connectivity index (χ0) is 13.8. The van der Waals surface area contributed by atoms with Gasteiger partial charge in [0.05, 0.1) is 10.1 Å². The van der Waals surface area contributed by atoms with Crippen LogP contribution in [0.25, 0.3) is 0 Å². The summed E-state index contributed by atoms with van der Waals surface area (Å²) in [5.41, 5.74) is 0. The third kappa shape index (κ3) is 3.87. The molecule has 1 aromatic rings. The second kappa shape index (κ2) is 6.63. The van der Waals surface area contributed by atoms with Crippen LogP contribution >= 0.6 is 34.7 Å². The van der Waals surface area contributed by atoms with Crippen LogP contribution < -0.4 is 0 Å². The van der Waals surface area contributed by atoms with Crippen LogP contribution in [0.2, 0.25) is 4.34 Å². The van der Waals surface area contributed by atoms with Crippen molar-refractivity contribution in [3.8, 4) is 0 Å². The minimum atomic E-state index is -0.902. The number of rotatable bonds is 5. The monoisotopic (exact) mass is 319 g/mol. The lowest BCUT2D eigenvalue weighted by Crippen LogP contribution is -2.41. The van der Waals surface area contributed by atoms with Crippen molar-refractivity contribution in [2.75, 3.05) is 12.3 Å². The number of thioether (sulfide) groups is 1. The number of thiophene rings is 1. The zero-order valence-electron chi connectivity index (χ0n) is 10.2. The topological polar surface area (TPSA) is 57.6 Å². The van der Waals surface area contributed by atoms with Crippen LogP contribution in [0.4, 0.5) is 0 Å². The summed E-state index contributed by atoms with van der Waals surface area (Å²) in [6.45, 7) is 0.557. The highest BCUT2D eigenvalue weighted by Gasteiger charge is 2.33. The van der Waals surface area contributed by atoms with Crippen molar-refractivity contribution in [3.05, 3.63) is 21.3 Å². The molecule has 0 saturated carbocycles. The summed E-state index contributed by atoms with van der Waals surface area (Å²) in [6, 6.07) is 3.15. The Hall–Kier alpha value is -0.720. The number of nitrogens with zero attached hydrogens (tertiary/aromatic N) is 1. The molecule has 1 atom stereocenters. The molecule has 0 aliphatic carbocycles. The number of carbonyl (C=O) groups excluding carboxylic acids is 1. The first-order valence-corrected chi connectivity index (χ1v) is 8.27. The van der Waals surface area contributed by atoms with Gasteiger partial charge in [-0.2, -0.15) is 0 Å². The minimum Gasteiger partial charge on any atom is -0.480 e. The van der Waals surface area contributed by atoms with Crippen molar-refractivity contribution in [3.63, 3.8) is 0 Å². The Morgan fingerprint density at radius 3 is 2.95 bits per heavy atom. The smallest absolute Gasteiger partial charge is 0.326 e. The fourth-order valence-corrected chi connectivity index (χ4v) is 4.18. The maximum Gasteiger partial charge on any atom is 0.326 e. The Balaban J connectivity index is 1.79. The van der Waals surface area contributed by atoms with Crippen molar-refractivity contribution in [2.45, 2.75) is 24.6 Å². The number of hydrogen-bond acceptors (Lipinski definition) is 4. The van der Waals surface area contributed by atoms with Gasteiger partial charge in [-0.15, -0.1) is 23.1 Å². The molecule has 19 heavy (non-hydrogen) atoms. The van der Waals surface area contributed by atoms with Gasteiger partial charge in [-0.1, -0.05) is 11.6 Å². The van der Waals surface area contributed by atoms with Gasteiger partial charge in [0, 0.05) is 17.2 Å². The molecule has 1 amide bonds. The summed E-state index contributed by atoms with van der Waals surface area (Å²) in [6.07, 6.45) is 1.33. The largest absolute Gasteiger partial charge is 0.480 e. The van der Waals surface area contributed by atoms with Crippen LogP contribution in [0.1, 0.15) is 17.7 Å². The summed E-state index contributed by atoms with van der Waals surface area (Å²) in [5.74, 6) is 0.0621. The first-order valence-electron chi connectivity index (χ1n) is 5.92. The van der Waals surface area contributed by atoms with Crippen LogP contribution in [0.3, 0.4) is 0 Å². The van der Waals surface area contributed by atoms with Crippen LogP contribution in [-0.2, 0) is 15.3 Å². The van der Waals surface area contributed by atoms with Gasteiger partial charge < -0.3 is 10.0 Å². The summed E-state index contributed by atoms with van der Waals surface area (Å²) in [4.78, 5) is 25.6. The molecule has 0 spiro atoms. The molecule has 1 fully saturated rings. The summed E-state index contributed by atoms with van der Waals surface area (Å²) < 4.78 is 0.743. The fraction of sp³-hybridized carbons (Fsp3) is 0.500. The molecule has 1 saturated heterocycles. The predicted molar refractivity (Wildman–Crippen MR) is 77.9 cm³/mol. The van der Waals surface area contributed by atoms with Gasteiger partial charge in [0.2, 0.25) is 5.91 Å². The highest BCUT2D eigenvalue weighted by Crippen LogP contribution is 2.26. The van der Waals surface area contributed by atoms with Gasteiger partial charge in [-0.3, -0.25) is 4.79 Å². The van der Waals surface area contributed by atoms with E-state index in [9.17, 15) is 9.59 Å². The van der Waals surface area contributed by atoms with E-state index in [1.165, 1.54) is 28.0 Å². The van der Waals surface area contributed by atoms with Crippen LogP contribution in [0, 0.1) is 0 Å². The number of halogens is 1. The van der Waals surface area contributed by atoms with Gasteiger partial charge in [0.1, 0.15) is 6.04 Å². The van der Waals surface area contributed by atoms with Crippen LogP contribution in [-0.4, -0.2) is 40.2 Å². The fourth-order valence-electron chi connectivity index (χ4n) is 2.07. The van der Waals surface area contributed by atoms with E-state index in [-0.39, 0.29) is 5.91 Å².